The maximum absolute atomic E-state index is 11.9. The van der Waals surface area contributed by atoms with E-state index in [4.69, 9.17) is 9.72 Å². The highest BCUT2D eigenvalue weighted by Crippen LogP contribution is 2.28. The highest BCUT2D eigenvalue weighted by Gasteiger charge is 2.10. The molecule has 0 aliphatic rings. The maximum Gasteiger partial charge on any atom is 0.338 e. The van der Waals surface area contributed by atoms with Crippen molar-refractivity contribution < 1.29 is 9.53 Å². The second-order valence-corrected chi connectivity index (χ2v) is 8.19. The van der Waals surface area contributed by atoms with Gasteiger partial charge in [0.1, 0.15) is 0 Å². The molecule has 1 aromatic heterocycles. The molecule has 4 heteroatoms. The third-order valence-corrected chi connectivity index (χ3v) is 5.33. The van der Waals surface area contributed by atoms with Gasteiger partial charge in [-0.25, -0.2) is 9.78 Å². The second kappa shape index (κ2) is 8.13. The molecule has 0 spiro atoms. The number of benzene rings is 2. The third-order valence-electron chi connectivity index (χ3n) is 4.35. The molecule has 0 aliphatic carbocycles. The third kappa shape index (κ3) is 4.69. The number of ether oxygens (including phenoxy) is 1. The summed E-state index contributed by atoms with van der Waals surface area (Å²) in [6, 6.07) is 14.1. The lowest BCUT2D eigenvalue weighted by molar-refractivity contribution is 0.0378. The van der Waals surface area contributed by atoms with E-state index in [1.165, 1.54) is 22.1 Å². The molecule has 3 rings (SSSR count). The van der Waals surface area contributed by atoms with Crippen molar-refractivity contribution in [3.8, 4) is 0 Å². The van der Waals surface area contributed by atoms with Gasteiger partial charge in [-0.05, 0) is 75.6 Å². The predicted molar refractivity (Wildman–Crippen MR) is 113 cm³/mol. The minimum absolute atomic E-state index is 0.109. The Labute approximate surface area is 165 Å². The number of fused-ring (bicyclic) bond motifs is 1. The Morgan fingerprint density at radius 3 is 2.41 bits per heavy atom. The Morgan fingerprint density at radius 1 is 1.04 bits per heavy atom. The minimum atomic E-state index is -0.276. The number of rotatable bonds is 5. The number of carbonyl (C=O) groups excluding carboxylic acids is 1. The van der Waals surface area contributed by atoms with Gasteiger partial charge in [0.15, 0.2) is 0 Å². The van der Waals surface area contributed by atoms with Crippen LogP contribution in [0.15, 0.2) is 47.5 Å². The minimum Gasteiger partial charge on any atom is -0.459 e. The quantitative estimate of drug-likeness (QED) is 0.401. The van der Waals surface area contributed by atoms with Crippen LogP contribution in [0.4, 0.5) is 0 Å². The van der Waals surface area contributed by atoms with Gasteiger partial charge in [-0.1, -0.05) is 23.8 Å². The number of carbonyl (C=O) groups is 1. The molecule has 0 aliphatic heterocycles. The number of hydrogen-bond acceptors (Lipinski definition) is 4. The highest BCUT2D eigenvalue weighted by molar-refractivity contribution is 7.98. The lowest BCUT2D eigenvalue weighted by Crippen LogP contribution is -2.11. The Hall–Kier alpha value is -2.33. The number of aromatic nitrogens is 1. The average Bonchev–Trinajstić information content (AvgIpc) is 2.61. The number of aryl methyl sites for hydroxylation is 3. The summed E-state index contributed by atoms with van der Waals surface area (Å²) < 4.78 is 5.22. The Bertz CT molecular complexity index is 978. The van der Waals surface area contributed by atoms with Gasteiger partial charge < -0.3 is 4.74 Å². The summed E-state index contributed by atoms with van der Waals surface area (Å²) in [5.41, 5.74) is 6.55. The molecule has 1 heterocycles. The molecule has 3 nitrogen and oxygen atoms in total. The topological polar surface area (TPSA) is 39.2 Å². The molecule has 0 saturated heterocycles. The van der Waals surface area contributed by atoms with Crippen molar-refractivity contribution in [2.75, 3.05) is 0 Å². The summed E-state index contributed by atoms with van der Waals surface area (Å²) in [6.07, 6.45) is -0.109. The van der Waals surface area contributed by atoms with Crippen molar-refractivity contribution in [1.29, 1.82) is 0 Å². The number of pyridine rings is 1. The van der Waals surface area contributed by atoms with E-state index < -0.39 is 0 Å². The van der Waals surface area contributed by atoms with Gasteiger partial charge in [0, 0.05) is 11.1 Å². The van der Waals surface area contributed by atoms with E-state index in [1.54, 1.807) is 11.8 Å². The number of nitrogens with zero attached hydrogens (tertiary/aromatic N) is 1. The van der Waals surface area contributed by atoms with Crippen LogP contribution in [0.25, 0.3) is 10.9 Å². The van der Waals surface area contributed by atoms with E-state index >= 15 is 0 Å². The van der Waals surface area contributed by atoms with Crippen molar-refractivity contribution in [2.45, 2.75) is 51.5 Å². The maximum atomic E-state index is 11.9. The zero-order valence-corrected chi connectivity index (χ0v) is 17.3. The lowest BCUT2D eigenvalue weighted by atomic mass is 10.0. The van der Waals surface area contributed by atoms with Gasteiger partial charge in [0.2, 0.25) is 0 Å². The molecule has 0 bridgehead atoms. The van der Waals surface area contributed by atoms with Gasteiger partial charge in [0.05, 0.1) is 22.2 Å². The molecular weight excluding hydrogens is 354 g/mol. The fraction of sp³-hybridized carbons (Fsp3) is 0.304. The smallest absolute Gasteiger partial charge is 0.338 e. The van der Waals surface area contributed by atoms with Crippen molar-refractivity contribution in [1.82, 2.24) is 4.98 Å². The summed E-state index contributed by atoms with van der Waals surface area (Å²) in [6.45, 7) is 10.1. The van der Waals surface area contributed by atoms with Gasteiger partial charge in [-0.15, -0.1) is 11.8 Å². The first-order chi connectivity index (χ1) is 12.8. The van der Waals surface area contributed by atoms with Gasteiger partial charge in [0.25, 0.3) is 0 Å². The van der Waals surface area contributed by atoms with E-state index in [0.29, 0.717) is 5.56 Å². The van der Waals surface area contributed by atoms with Crippen LogP contribution in [0.5, 0.6) is 0 Å². The zero-order chi connectivity index (χ0) is 19.6. The van der Waals surface area contributed by atoms with E-state index in [9.17, 15) is 4.79 Å². The van der Waals surface area contributed by atoms with Crippen molar-refractivity contribution in [2.24, 2.45) is 0 Å². The summed E-state index contributed by atoms with van der Waals surface area (Å²) in [7, 11) is 0. The number of hydrogen-bond donors (Lipinski definition) is 0. The van der Waals surface area contributed by atoms with Gasteiger partial charge in [-0.3, -0.25) is 0 Å². The van der Waals surface area contributed by atoms with Crippen LogP contribution in [0, 0.1) is 20.8 Å². The molecule has 0 atom stereocenters. The number of esters is 1. The molecule has 0 unspecified atom stereocenters. The highest BCUT2D eigenvalue weighted by atomic mass is 32.2. The first kappa shape index (κ1) is 19.4. The summed E-state index contributed by atoms with van der Waals surface area (Å²) >= 11 is 1.71. The van der Waals surface area contributed by atoms with E-state index in [1.807, 2.05) is 38.1 Å². The molecule has 140 valence electrons. The fourth-order valence-corrected chi connectivity index (χ4v) is 3.99. The average molecular weight is 380 g/mol. The first-order valence-corrected chi connectivity index (χ1v) is 10.1. The molecule has 3 aromatic rings. The SMILES string of the molecule is Cc1cc(C)c2nc(SCc3ccc(C(=O)OC(C)C)cc3)cc(C)c2c1. The zero-order valence-electron chi connectivity index (χ0n) is 16.5. The van der Waals surface area contributed by atoms with Crippen LogP contribution in [0.2, 0.25) is 0 Å². The van der Waals surface area contributed by atoms with Crippen molar-refractivity contribution >= 4 is 28.6 Å². The van der Waals surface area contributed by atoms with Crippen LogP contribution in [0.3, 0.4) is 0 Å². The molecule has 2 aromatic carbocycles. The second-order valence-electron chi connectivity index (χ2n) is 7.20. The van der Waals surface area contributed by atoms with E-state index in [2.05, 4.69) is 39.0 Å². The summed E-state index contributed by atoms with van der Waals surface area (Å²) in [5, 5.41) is 2.25. The molecule has 0 saturated carbocycles. The Morgan fingerprint density at radius 2 is 1.74 bits per heavy atom. The predicted octanol–water partition coefficient (Wildman–Crippen LogP) is 6.02. The summed E-state index contributed by atoms with van der Waals surface area (Å²) in [4.78, 5) is 16.8. The van der Waals surface area contributed by atoms with Gasteiger partial charge >= 0.3 is 5.97 Å². The van der Waals surface area contributed by atoms with E-state index in [-0.39, 0.29) is 12.1 Å². The molecule has 27 heavy (non-hydrogen) atoms. The number of thioether (sulfide) groups is 1. The lowest BCUT2D eigenvalue weighted by Gasteiger charge is -2.10. The fourth-order valence-electron chi connectivity index (χ4n) is 3.06. The Kier molecular flexibility index (Phi) is 5.85. The first-order valence-electron chi connectivity index (χ1n) is 9.15. The van der Waals surface area contributed by atoms with Crippen molar-refractivity contribution in [3.63, 3.8) is 0 Å². The van der Waals surface area contributed by atoms with Crippen LogP contribution in [-0.4, -0.2) is 17.1 Å². The van der Waals surface area contributed by atoms with Crippen LogP contribution in [-0.2, 0) is 10.5 Å². The Balaban J connectivity index is 1.74. The van der Waals surface area contributed by atoms with Crippen LogP contribution >= 0.6 is 11.8 Å². The van der Waals surface area contributed by atoms with E-state index in [0.717, 1.165) is 21.9 Å². The standard InChI is InChI=1S/C23H25NO2S/c1-14(2)26-23(25)19-8-6-18(7-9-19)13-27-21-12-16(4)20-11-15(3)10-17(5)22(20)24-21/h6-12,14H,13H2,1-5H3. The molecule has 0 amide bonds. The molecular formula is C23H25NO2S. The van der Waals surface area contributed by atoms with Gasteiger partial charge in [-0.2, -0.15) is 0 Å². The van der Waals surface area contributed by atoms with Crippen molar-refractivity contribution in [3.05, 3.63) is 70.3 Å². The normalized spacial score (nSPS) is 11.2. The molecule has 0 fully saturated rings. The van der Waals surface area contributed by atoms with Crippen LogP contribution in [0.1, 0.15) is 46.5 Å². The molecule has 0 N–H and O–H groups in total. The van der Waals surface area contributed by atoms with Crippen LogP contribution < -0.4 is 0 Å². The molecule has 0 radical (unpaired) electrons. The monoisotopic (exact) mass is 379 g/mol. The largest absolute Gasteiger partial charge is 0.459 e. The summed E-state index contributed by atoms with van der Waals surface area (Å²) in [5.74, 6) is 0.532.